The zero-order valence-electron chi connectivity index (χ0n) is 11.7. The minimum absolute atomic E-state index is 0.247. The summed E-state index contributed by atoms with van der Waals surface area (Å²) in [4.78, 5) is 12.3. The largest absolute Gasteiger partial charge is 0.451 e. The smallest absolute Gasteiger partial charge is 0.187 e. The van der Waals surface area contributed by atoms with Crippen LogP contribution in [0.25, 0.3) is 0 Å². The number of nitrogens with zero attached hydrogens (tertiary/aromatic N) is 3. The van der Waals surface area contributed by atoms with Gasteiger partial charge in [-0.15, -0.1) is 6.42 Å². The number of terminal acetylenes is 1. The maximum absolute atomic E-state index is 5.83. The quantitative estimate of drug-likeness (QED) is 0.866. The molecule has 2 heterocycles. The molecule has 0 aliphatic rings. The molecular weight excluding hydrogens is 252 g/mol. The number of ether oxygens (including phenoxy) is 1. The van der Waals surface area contributed by atoms with E-state index < -0.39 is 0 Å². The van der Waals surface area contributed by atoms with E-state index in [1.54, 1.807) is 25.4 Å². The van der Waals surface area contributed by atoms with E-state index in [1.807, 2.05) is 0 Å². The second-order valence-corrected chi connectivity index (χ2v) is 4.68. The Kier molecular flexibility index (Phi) is 3.85. The third-order valence-electron chi connectivity index (χ3n) is 2.79. The lowest BCUT2D eigenvalue weighted by Crippen LogP contribution is -2.02. The van der Waals surface area contributed by atoms with Crippen LogP contribution in [0.4, 0.5) is 5.82 Å². The molecule has 20 heavy (non-hydrogen) atoms. The first-order valence-corrected chi connectivity index (χ1v) is 6.24. The molecule has 0 unspecified atom stereocenters. The van der Waals surface area contributed by atoms with E-state index in [2.05, 4.69) is 34.7 Å². The molecule has 0 aliphatic heterocycles. The molecule has 0 fully saturated rings. The van der Waals surface area contributed by atoms with E-state index in [4.69, 9.17) is 16.9 Å². The van der Waals surface area contributed by atoms with Crippen molar-refractivity contribution in [3.63, 3.8) is 0 Å². The molecule has 0 amide bonds. The SMILES string of the molecule is C#Cc1cc(Oc2cnc(C)nc2N)c(C(C)C)cn1. The van der Waals surface area contributed by atoms with Gasteiger partial charge in [-0.05, 0) is 12.8 Å². The van der Waals surface area contributed by atoms with Crippen LogP contribution in [0, 0.1) is 19.3 Å². The van der Waals surface area contributed by atoms with Crippen molar-refractivity contribution in [1.29, 1.82) is 0 Å². The highest BCUT2D eigenvalue weighted by molar-refractivity contribution is 5.49. The minimum Gasteiger partial charge on any atom is -0.451 e. The molecule has 0 aromatic carbocycles. The summed E-state index contributed by atoms with van der Waals surface area (Å²) in [7, 11) is 0. The van der Waals surface area contributed by atoms with E-state index in [0.29, 0.717) is 28.8 Å². The lowest BCUT2D eigenvalue weighted by Gasteiger charge is -2.14. The molecule has 0 aliphatic carbocycles. The highest BCUT2D eigenvalue weighted by atomic mass is 16.5. The van der Waals surface area contributed by atoms with Crippen LogP contribution >= 0.6 is 0 Å². The van der Waals surface area contributed by atoms with Crippen molar-refractivity contribution < 1.29 is 4.74 Å². The molecule has 2 N–H and O–H groups in total. The molecule has 2 rings (SSSR count). The predicted molar refractivity (Wildman–Crippen MR) is 77.5 cm³/mol. The van der Waals surface area contributed by atoms with Gasteiger partial charge in [-0.1, -0.05) is 19.8 Å². The average molecular weight is 268 g/mol. The summed E-state index contributed by atoms with van der Waals surface area (Å²) >= 11 is 0. The maximum atomic E-state index is 5.83. The summed E-state index contributed by atoms with van der Waals surface area (Å²) in [5.41, 5.74) is 7.29. The first kappa shape index (κ1) is 13.8. The first-order valence-electron chi connectivity index (χ1n) is 6.24. The van der Waals surface area contributed by atoms with Crippen molar-refractivity contribution in [3.8, 4) is 23.8 Å². The zero-order chi connectivity index (χ0) is 14.7. The molecule has 102 valence electrons. The van der Waals surface area contributed by atoms with Crippen molar-refractivity contribution in [2.24, 2.45) is 0 Å². The first-order chi connectivity index (χ1) is 9.51. The van der Waals surface area contributed by atoms with Crippen molar-refractivity contribution in [1.82, 2.24) is 15.0 Å². The summed E-state index contributed by atoms with van der Waals surface area (Å²) < 4.78 is 5.81. The molecule has 0 atom stereocenters. The van der Waals surface area contributed by atoms with Crippen LogP contribution < -0.4 is 10.5 Å². The van der Waals surface area contributed by atoms with Gasteiger partial charge < -0.3 is 10.5 Å². The Balaban J connectivity index is 2.43. The molecule has 5 nitrogen and oxygen atoms in total. The van der Waals surface area contributed by atoms with Gasteiger partial charge >= 0.3 is 0 Å². The molecule has 2 aromatic rings. The van der Waals surface area contributed by atoms with E-state index in [0.717, 1.165) is 5.56 Å². The van der Waals surface area contributed by atoms with Gasteiger partial charge in [0.15, 0.2) is 11.6 Å². The van der Waals surface area contributed by atoms with Gasteiger partial charge in [-0.2, -0.15) is 0 Å². The van der Waals surface area contributed by atoms with E-state index in [-0.39, 0.29) is 5.92 Å². The summed E-state index contributed by atoms with van der Waals surface area (Å²) in [6, 6.07) is 1.72. The second-order valence-electron chi connectivity index (χ2n) is 4.68. The second kappa shape index (κ2) is 5.57. The van der Waals surface area contributed by atoms with Crippen LogP contribution in [0.3, 0.4) is 0 Å². The number of aryl methyl sites for hydroxylation is 1. The van der Waals surface area contributed by atoms with Gasteiger partial charge in [-0.25, -0.2) is 15.0 Å². The van der Waals surface area contributed by atoms with Gasteiger partial charge in [0.2, 0.25) is 0 Å². The van der Waals surface area contributed by atoms with E-state index >= 15 is 0 Å². The highest BCUT2D eigenvalue weighted by Gasteiger charge is 2.13. The van der Waals surface area contributed by atoms with E-state index in [1.165, 1.54) is 0 Å². The van der Waals surface area contributed by atoms with Crippen LogP contribution in [0.1, 0.15) is 36.8 Å². The summed E-state index contributed by atoms with van der Waals surface area (Å²) in [5.74, 6) is 4.67. The molecule has 0 spiro atoms. The van der Waals surface area contributed by atoms with Crippen LogP contribution in [-0.2, 0) is 0 Å². The monoisotopic (exact) mass is 268 g/mol. The number of hydrogen-bond acceptors (Lipinski definition) is 5. The predicted octanol–water partition coefficient (Wildman–Crippen LogP) is 2.66. The topological polar surface area (TPSA) is 73.9 Å². The van der Waals surface area contributed by atoms with Gasteiger partial charge in [-0.3, -0.25) is 0 Å². The van der Waals surface area contributed by atoms with E-state index in [9.17, 15) is 0 Å². The van der Waals surface area contributed by atoms with Crippen molar-refractivity contribution >= 4 is 5.82 Å². The normalized spacial score (nSPS) is 10.3. The number of pyridine rings is 1. The third-order valence-corrected chi connectivity index (χ3v) is 2.79. The van der Waals surface area contributed by atoms with Crippen LogP contribution in [0.2, 0.25) is 0 Å². The van der Waals surface area contributed by atoms with Gasteiger partial charge in [0.1, 0.15) is 17.3 Å². The average Bonchev–Trinajstić information content (AvgIpc) is 2.41. The molecule has 0 saturated heterocycles. The number of nitrogens with two attached hydrogens (primary N) is 1. The number of anilines is 1. The van der Waals surface area contributed by atoms with Gasteiger partial charge in [0, 0.05) is 17.8 Å². The minimum atomic E-state index is 0.247. The fourth-order valence-electron chi connectivity index (χ4n) is 1.72. The van der Waals surface area contributed by atoms with Crippen LogP contribution in [0.5, 0.6) is 11.5 Å². The van der Waals surface area contributed by atoms with Crippen molar-refractivity contribution in [2.45, 2.75) is 26.7 Å². The fraction of sp³-hybridized carbons (Fsp3) is 0.267. The Morgan fingerprint density at radius 3 is 2.60 bits per heavy atom. The third kappa shape index (κ3) is 2.86. The van der Waals surface area contributed by atoms with Crippen molar-refractivity contribution in [3.05, 3.63) is 35.5 Å². The molecule has 0 bridgehead atoms. The van der Waals surface area contributed by atoms with Crippen molar-refractivity contribution in [2.75, 3.05) is 5.73 Å². The molecule has 0 radical (unpaired) electrons. The number of aromatic nitrogens is 3. The van der Waals surface area contributed by atoms with Gasteiger partial charge in [0.05, 0.1) is 6.20 Å². The molecule has 0 saturated carbocycles. The Morgan fingerprint density at radius 2 is 2.00 bits per heavy atom. The summed E-state index contributed by atoms with van der Waals surface area (Å²) in [6.07, 6.45) is 8.65. The number of nitrogen functional groups attached to an aromatic ring is 1. The standard InChI is InChI=1S/C15H16N4O/c1-5-11-6-13(12(7-18-11)9(2)3)20-14-8-17-10(4)19-15(14)16/h1,6-9H,2-4H3,(H2,16,17,19). The number of rotatable bonds is 3. The molecule has 2 aromatic heterocycles. The lowest BCUT2D eigenvalue weighted by molar-refractivity contribution is 0.469. The highest BCUT2D eigenvalue weighted by Crippen LogP contribution is 2.32. The Labute approximate surface area is 118 Å². The van der Waals surface area contributed by atoms with Crippen LogP contribution in [0.15, 0.2) is 18.5 Å². The Morgan fingerprint density at radius 1 is 1.25 bits per heavy atom. The zero-order valence-corrected chi connectivity index (χ0v) is 11.7. The molecular formula is C15H16N4O. The number of hydrogen-bond donors (Lipinski definition) is 1. The van der Waals surface area contributed by atoms with Crippen LogP contribution in [-0.4, -0.2) is 15.0 Å². The Hall–Kier alpha value is -2.61. The maximum Gasteiger partial charge on any atom is 0.187 e. The Bertz CT molecular complexity index is 674. The lowest BCUT2D eigenvalue weighted by atomic mass is 10.0. The molecule has 5 heteroatoms. The summed E-state index contributed by atoms with van der Waals surface area (Å²) in [5, 5.41) is 0. The van der Waals surface area contributed by atoms with Gasteiger partial charge in [0.25, 0.3) is 0 Å². The fourth-order valence-corrected chi connectivity index (χ4v) is 1.72. The summed E-state index contributed by atoms with van der Waals surface area (Å²) in [6.45, 7) is 5.87.